The lowest BCUT2D eigenvalue weighted by molar-refractivity contribution is 0.210. The highest BCUT2D eigenvalue weighted by molar-refractivity contribution is 4.84. The summed E-state index contributed by atoms with van der Waals surface area (Å²) < 4.78 is 0. The van der Waals surface area contributed by atoms with Gasteiger partial charge in [0.1, 0.15) is 0 Å². The minimum atomic E-state index is 0.778. The zero-order chi connectivity index (χ0) is 12.5. The first-order valence-corrected chi connectivity index (χ1v) is 7.71. The lowest BCUT2D eigenvalue weighted by Gasteiger charge is -2.28. The van der Waals surface area contributed by atoms with Crippen LogP contribution in [0.2, 0.25) is 0 Å². The van der Waals surface area contributed by atoms with E-state index in [1.54, 1.807) is 0 Å². The summed E-state index contributed by atoms with van der Waals surface area (Å²) in [5.41, 5.74) is 0. The molecule has 0 saturated heterocycles. The zero-order valence-corrected chi connectivity index (χ0v) is 12.2. The molecule has 1 aliphatic rings. The molecule has 0 amide bonds. The second-order valence-corrected chi connectivity index (χ2v) is 5.59. The molecule has 2 unspecified atom stereocenters. The molecule has 1 rings (SSSR count). The van der Waals surface area contributed by atoms with Gasteiger partial charge in [-0.15, -0.1) is 0 Å². The average molecular weight is 240 g/mol. The third-order valence-corrected chi connectivity index (χ3v) is 4.18. The molecule has 2 nitrogen and oxygen atoms in total. The molecule has 0 spiro atoms. The van der Waals surface area contributed by atoms with Crippen LogP contribution in [-0.4, -0.2) is 37.6 Å². The molecule has 1 saturated carbocycles. The molecule has 0 aromatic rings. The van der Waals surface area contributed by atoms with Gasteiger partial charge in [0, 0.05) is 12.6 Å². The van der Waals surface area contributed by atoms with Crippen molar-refractivity contribution in [2.24, 2.45) is 5.92 Å². The normalized spacial score (nSPS) is 24.7. The standard InChI is InChI=1S/C15H32N2/c1-4-6-11-17(12-7-5-2)13-14-9-8-10-15(14)16-3/h14-16H,4-13H2,1-3H3. The van der Waals surface area contributed by atoms with Gasteiger partial charge in [0.2, 0.25) is 0 Å². The van der Waals surface area contributed by atoms with Gasteiger partial charge in [0.25, 0.3) is 0 Å². The summed E-state index contributed by atoms with van der Waals surface area (Å²) in [6.07, 6.45) is 9.61. The number of hydrogen-bond donors (Lipinski definition) is 1. The van der Waals surface area contributed by atoms with Crippen molar-refractivity contribution in [1.82, 2.24) is 10.2 Å². The predicted octanol–water partition coefficient (Wildman–Crippen LogP) is 3.28. The minimum absolute atomic E-state index is 0.778. The average Bonchev–Trinajstić information content (AvgIpc) is 2.79. The van der Waals surface area contributed by atoms with Crippen molar-refractivity contribution in [2.45, 2.75) is 64.8 Å². The van der Waals surface area contributed by atoms with Gasteiger partial charge in [0.15, 0.2) is 0 Å². The van der Waals surface area contributed by atoms with E-state index < -0.39 is 0 Å². The van der Waals surface area contributed by atoms with E-state index in [1.165, 1.54) is 64.6 Å². The van der Waals surface area contributed by atoms with Gasteiger partial charge < -0.3 is 10.2 Å². The van der Waals surface area contributed by atoms with Crippen LogP contribution >= 0.6 is 0 Å². The molecular weight excluding hydrogens is 208 g/mol. The van der Waals surface area contributed by atoms with Gasteiger partial charge in [-0.05, 0) is 51.7 Å². The smallest absolute Gasteiger partial charge is 0.0104 e. The van der Waals surface area contributed by atoms with Crippen molar-refractivity contribution >= 4 is 0 Å². The van der Waals surface area contributed by atoms with Crippen LogP contribution in [0.15, 0.2) is 0 Å². The molecule has 0 heterocycles. The Morgan fingerprint density at radius 3 is 2.24 bits per heavy atom. The Balaban J connectivity index is 2.34. The fourth-order valence-corrected chi connectivity index (χ4v) is 3.02. The molecular formula is C15H32N2. The van der Waals surface area contributed by atoms with Crippen LogP contribution in [0.25, 0.3) is 0 Å². The molecule has 0 radical (unpaired) electrons. The molecule has 2 atom stereocenters. The highest BCUT2D eigenvalue weighted by Gasteiger charge is 2.27. The number of hydrogen-bond acceptors (Lipinski definition) is 2. The van der Waals surface area contributed by atoms with Gasteiger partial charge >= 0.3 is 0 Å². The van der Waals surface area contributed by atoms with E-state index in [0.717, 1.165) is 12.0 Å². The molecule has 1 N–H and O–H groups in total. The molecule has 0 aromatic carbocycles. The molecule has 1 aliphatic carbocycles. The fourth-order valence-electron chi connectivity index (χ4n) is 3.02. The van der Waals surface area contributed by atoms with E-state index in [4.69, 9.17) is 0 Å². The van der Waals surface area contributed by atoms with E-state index in [-0.39, 0.29) is 0 Å². The van der Waals surface area contributed by atoms with Crippen molar-refractivity contribution in [3.05, 3.63) is 0 Å². The van der Waals surface area contributed by atoms with Gasteiger partial charge in [-0.3, -0.25) is 0 Å². The van der Waals surface area contributed by atoms with E-state index in [0.29, 0.717) is 0 Å². The SMILES string of the molecule is CCCCN(CCCC)CC1CCCC1NC. The fraction of sp³-hybridized carbons (Fsp3) is 1.00. The summed E-state index contributed by atoms with van der Waals surface area (Å²) in [5, 5.41) is 3.50. The van der Waals surface area contributed by atoms with Crippen LogP contribution < -0.4 is 5.32 Å². The summed E-state index contributed by atoms with van der Waals surface area (Å²) in [6, 6.07) is 0.778. The summed E-state index contributed by atoms with van der Waals surface area (Å²) >= 11 is 0. The van der Waals surface area contributed by atoms with Gasteiger partial charge in [-0.2, -0.15) is 0 Å². The lowest BCUT2D eigenvalue weighted by atomic mass is 10.0. The largest absolute Gasteiger partial charge is 0.317 e. The van der Waals surface area contributed by atoms with Crippen LogP contribution in [0.4, 0.5) is 0 Å². The molecule has 102 valence electrons. The molecule has 17 heavy (non-hydrogen) atoms. The maximum atomic E-state index is 3.50. The maximum absolute atomic E-state index is 3.50. The van der Waals surface area contributed by atoms with Crippen molar-refractivity contribution in [1.29, 1.82) is 0 Å². The summed E-state index contributed by atoms with van der Waals surface area (Å²) in [7, 11) is 2.13. The molecule has 2 heteroatoms. The first-order valence-electron chi connectivity index (χ1n) is 7.71. The Morgan fingerprint density at radius 1 is 1.06 bits per heavy atom. The topological polar surface area (TPSA) is 15.3 Å². The third kappa shape index (κ3) is 5.39. The maximum Gasteiger partial charge on any atom is 0.0104 e. The summed E-state index contributed by atoms with van der Waals surface area (Å²) in [6.45, 7) is 8.53. The van der Waals surface area contributed by atoms with Gasteiger partial charge in [0.05, 0.1) is 0 Å². The van der Waals surface area contributed by atoms with Crippen LogP contribution in [0.5, 0.6) is 0 Å². The Morgan fingerprint density at radius 2 is 1.71 bits per heavy atom. The van der Waals surface area contributed by atoms with E-state index in [2.05, 4.69) is 31.1 Å². The van der Waals surface area contributed by atoms with Crippen LogP contribution in [0, 0.1) is 5.92 Å². The van der Waals surface area contributed by atoms with Crippen LogP contribution in [-0.2, 0) is 0 Å². The van der Waals surface area contributed by atoms with Crippen molar-refractivity contribution in [2.75, 3.05) is 26.7 Å². The second kappa shape index (κ2) is 8.93. The Hall–Kier alpha value is -0.0800. The predicted molar refractivity (Wildman–Crippen MR) is 76.4 cm³/mol. The lowest BCUT2D eigenvalue weighted by Crippen LogP contribution is -2.38. The van der Waals surface area contributed by atoms with E-state index >= 15 is 0 Å². The summed E-state index contributed by atoms with van der Waals surface area (Å²) in [5.74, 6) is 0.897. The highest BCUT2D eigenvalue weighted by Crippen LogP contribution is 2.26. The van der Waals surface area contributed by atoms with Crippen LogP contribution in [0.3, 0.4) is 0 Å². The van der Waals surface area contributed by atoms with Crippen LogP contribution in [0.1, 0.15) is 58.8 Å². The Kier molecular flexibility index (Phi) is 7.87. The molecule has 0 aromatic heterocycles. The minimum Gasteiger partial charge on any atom is -0.317 e. The molecule has 0 aliphatic heterocycles. The first-order chi connectivity index (χ1) is 8.31. The number of unbranched alkanes of at least 4 members (excludes halogenated alkanes) is 2. The second-order valence-electron chi connectivity index (χ2n) is 5.59. The highest BCUT2D eigenvalue weighted by atomic mass is 15.1. The zero-order valence-electron chi connectivity index (χ0n) is 12.2. The Labute approximate surface area is 108 Å². The van der Waals surface area contributed by atoms with E-state index in [1.807, 2.05) is 0 Å². The summed E-state index contributed by atoms with van der Waals surface area (Å²) in [4.78, 5) is 2.72. The Bertz CT molecular complexity index is 174. The number of rotatable bonds is 9. The van der Waals surface area contributed by atoms with Crippen molar-refractivity contribution in [3.8, 4) is 0 Å². The monoisotopic (exact) mass is 240 g/mol. The van der Waals surface area contributed by atoms with Gasteiger partial charge in [-0.1, -0.05) is 33.1 Å². The molecule has 1 fully saturated rings. The number of nitrogens with zero attached hydrogens (tertiary/aromatic N) is 1. The van der Waals surface area contributed by atoms with Crippen molar-refractivity contribution < 1.29 is 0 Å². The van der Waals surface area contributed by atoms with Crippen molar-refractivity contribution in [3.63, 3.8) is 0 Å². The van der Waals surface area contributed by atoms with E-state index in [9.17, 15) is 0 Å². The third-order valence-electron chi connectivity index (χ3n) is 4.18. The number of nitrogens with one attached hydrogen (secondary N) is 1. The van der Waals surface area contributed by atoms with Gasteiger partial charge in [-0.25, -0.2) is 0 Å². The first kappa shape index (κ1) is 15.0. The quantitative estimate of drug-likeness (QED) is 0.665. The molecule has 0 bridgehead atoms.